The summed E-state index contributed by atoms with van der Waals surface area (Å²) in [5, 5.41) is 6.49. The van der Waals surface area contributed by atoms with Crippen molar-refractivity contribution < 1.29 is 9.32 Å². The summed E-state index contributed by atoms with van der Waals surface area (Å²) in [5.74, 6) is 0.955. The van der Waals surface area contributed by atoms with Crippen molar-refractivity contribution in [3.63, 3.8) is 0 Å². The lowest BCUT2D eigenvalue weighted by atomic mass is 10.1. The van der Waals surface area contributed by atoms with Gasteiger partial charge < -0.3 is 15.6 Å². The molecular weight excluding hydrogens is 280 g/mol. The Morgan fingerprint density at radius 3 is 2.80 bits per heavy atom. The van der Waals surface area contributed by atoms with Crippen LogP contribution < -0.4 is 11.1 Å². The molecule has 0 bridgehead atoms. The molecule has 0 saturated carbocycles. The summed E-state index contributed by atoms with van der Waals surface area (Å²) in [6.45, 7) is 4.06. The second-order valence-electron chi connectivity index (χ2n) is 4.32. The lowest BCUT2D eigenvalue weighted by molar-refractivity contribution is 0.0953. The summed E-state index contributed by atoms with van der Waals surface area (Å²) in [5.41, 5.74) is 7.72. The van der Waals surface area contributed by atoms with Gasteiger partial charge in [0.2, 0.25) is 5.89 Å². The Morgan fingerprint density at radius 1 is 1.40 bits per heavy atom. The molecule has 7 heteroatoms. The molecule has 1 heterocycles. The molecule has 1 aromatic heterocycles. The SMILES string of the molecule is Cc1noc(CCNC(=O)c2cc(N)ccc2C)n1.Cl. The fraction of sp³-hybridized carbons (Fsp3) is 0.308. The molecular formula is C13H17ClN4O2. The number of carbonyl (C=O) groups excluding carboxylic acids is 1. The Labute approximate surface area is 123 Å². The van der Waals surface area contributed by atoms with Crippen LogP contribution in [0.25, 0.3) is 0 Å². The van der Waals surface area contributed by atoms with Crippen LogP contribution in [-0.2, 0) is 6.42 Å². The number of amides is 1. The standard InChI is InChI=1S/C13H16N4O2.ClH/c1-8-3-4-10(14)7-11(8)13(18)15-6-5-12-16-9(2)17-19-12;/h3-4,7H,5-6,14H2,1-2H3,(H,15,18);1H. The molecule has 0 radical (unpaired) electrons. The highest BCUT2D eigenvalue weighted by atomic mass is 35.5. The van der Waals surface area contributed by atoms with Gasteiger partial charge in [0, 0.05) is 24.2 Å². The monoisotopic (exact) mass is 296 g/mol. The number of rotatable bonds is 4. The van der Waals surface area contributed by atoms with Crippen LogP contribution in [0.5, 0.6) is 0 Å². The molecule has 0 aliphatic heterocycles. The van der Waals surface area contributed by atoms with E-state index in [2.05, 4.69) is 15.5 Å². The highest BCUT2D eigenvalue weighted by Crippen LogP contribution is 2.12. The van der Waals surface area contributed by atoms with Gasteiger partial charge in [-0.3, -0.25) is 4.79 Å². The smallest absolute Gasteiger partial charge is 0.251 e. The summed E-state index contributed by atoms with van der Waals surface area (Å²) in [6.07, 6.45) is 0.508. The van der Waals surface area contributed by atoms with Crippen LogP contribution in [0.4, 0.5) is 5.69 Å². The average molecular weight is 297 g/mol. The summed E-state index contributed by atoms with van der Waals surface area (Å²) in [7, 11) is 0. The molecule has 0 unspecified atom stereocenters. The van der Waals surface area contributed by atoms with E-state index in [1.54, 1.807) is 19.1 Å². The predicted molar refractivity (Wildman–Crippen MR) is 77.9 cm³/mol. The second-order valence-corrected chi connectivity index (χ2v) is 4.32. The Kier molecular flexibility index (Phi) is 5.52. The number of carbonyl (C=O) groups is 1. The van der Waals surface area contributed by atoms with Gasteiger partial charge in [0.15, 0.2) is 5.82 Å². The number of nitrogens with two attached hydrogens (primary N) is 1. The van der Waals surface area contributed by atoms with E-state index in [1.807, 2.05) is 13.0 Å². The first kappa shape index (κ1) is 16.0. The van der Waals surface area contributed by atoms with Gasteiger partial charge in [0.1, 0.15) is 0 Å². The van der Waals surface area contributed by atoms with Crippen LogP contribution >= 0.6 is 12.4 Å². The maximum absolute atomic E-state index is 12.0. The van der Waals surface area contributed by atoms with Gasteiger partial charge in [0.25, 0.3) is 5.91 Å². The van der Waals surface area contributed by atoms with Crippen molar-refractivity contribution in [1.29, 1.82) is 0 Å². The lowest BCUT2D eigenvalue weighted by Gasteiger charge is -2.07. The minimum Gasteiger partial charge on any atom is -0.399 e. The first-order valence-corrected chi connectivity index (χ1v) is 6.00. The third-order valence-electron chi connectivity index (χ3n) is 2.70. The van der Waals surface area contributed by atoms with E-state index < -0.39 is 0 Å². The van der Waals surface area contributed by atoms with E-state index in [-0.39, 0.29) is 18.3 Å². The van der Waals surface area contributed by atoms with E-state index >= 15 is 0 Å². The summed E-state index contributed by atoms with van der Waals surface area (Å²) < 4.78 is 4.96. The number of nitrogens with one attached hydrogen (secondary N) is 1. The Hall–Kier alpha value is -2.08. The fourth-order valence-corrected chi connectivity index (χ4v) is 1.70. The maximum atomic E-state index is 12.0. The highest BCUT2D eigenvalue weighted by molar-refractivity contribution is 5.96. The molecule has 20 heavy (non-hydrogen) atoms. The largest absolute Gasteiger partial charge is 0.399 e. The predicted octanol–water partition coefficient (Wildman–Crippen LogP) is 1.66. The molecule has 1 aromatic carbocycles. The van der Waals surface area contributed by atoms with E-state index in [0.717, 1.165) is 5.56 Å². The Morgan fingerprint density at radius 2 is 2.15 bits per heavy atom. The van der Waals surface area contributed by atoms with Gasteiger partial charge in [-0.1, -0.05) is 11.2 Å². The fourth-order valence-electron chi connectivity index (χ4n) is 1.70. The second kappa shape index (κ2) is 6.91. The van der Waals surface area contributed by atoms with Crippen LogP contribution in [0.1, 0.15) is 27.6 Å². The number of hydrogen-bond donors (Lipinski definition) is 2. The van der Waals surface area contributed by atoms with Crippen molar-refractivity contribution in [2.75, 3.05) is 12.3 Å². The lowest BCUT2D eigenvalue weighted by Crippen LogP contribution is -2.26. The number of nitrogens with zero attached hydrogens (tertiary/aromatic N) is 2. The van der Waals surface area contributed by atoms with Gasteiger partial charge in [-0.05, 0) is 31.5 Å². The summed E-state index contributed by atoms with van der Waals surface area (Å²) in [6, 6.07) is 5.26. The van der Waals surface area contributed by atoms with Gasteiger partial charge in [-0.15, -0.1) is 12.4 Å². The van der Waals surface area contributed by atoms with E-state index in [4.69, 9.17) is 10.3 Å². The number of aromatic nitrogens is 2. The van der Waals surface area contributed by atoms with Crippen LogP contribution in [0.3, 0.4) is 0 Å². The number of aryl methyl sites for hydroxylation is 2. The molecule has 0 atom stereocenters. The molecule has 108 valence electrons. The molecule has 2 aromatic rings. The molecule has 0 spiro atoms. The van der Waals surface area contributed by atoms with Crippen molar-refractivity contribution in [2.45, 2.75) is 20.3 Å². The number of hydrogen-bond acceptors (Lipinski definition) is 5. The molecule has 1 amide bonds. The van der Waals surface area contributed by atoms with Crippen LogP contribution in [0.15, 0.2) is 22.7 Å². The molecule has 2 rings (SSSR count). The molecule has 0 aliphatic carbocycles. The zero-order chi connectivity index (χ0) is 13.8. The summed E-state index contributed by atoms with van der Waals surface area (Å²) in [4.78, 5) is 16.0. The quantitative estimate of drug-likeness (QED) is 0.837. The third-order valence-corrected chi connectivity index (χ3v) is 2.70. The van der Waals surface area contributed by atoms with Gasteiger partial charge in [-0.25, -0.2) is 0 Å². The molecule has 0 fully saturated rings. The van der Waals surface area contributed by atoms with E-state index in [0.29, 0.717) is 35.9 Å². The van der Waals surface area contributed by atoms with Gasteiger partial charge >= 0.3 is 0 Å². The van der Waals surface area contributed by atoms with Crippen molar-refractivity contribution >= 4 is 24.0 Å². The number of benzene rings is 1. The van der Waals surface area contributed by atoms with Crippen molar-refractivity contribution in [3.8, 4) is 0 Å². The first-order chi connectivity index (χ1) is 9.06. The molecule has 6 nitrogen and oxygen atoms in total. The minimum atomic E-state index is -0.152. The number of halogens is 1. The topological polar surface area (TPSA) is 94.0 Å². The average Bonchev–Trinajstić information content (AvgIpc) is 2.78. The van der Waals surface area contributed by atoms with Gasteiger partial charge in [-0.2, -0.15) is 4.98 Å². The highest BCUT2D eigenvalue weighted by Gasteiger charge is 2.09. The first-order valence-electron chi connectivity index (χ1n) is 6.00. The third kappa shape index (κ3) is 3.96. The van der Waals surface area contributed by atoms with Crippen molar-refractivity contribution in [1.82, 2.24) is 15.5 Å². The van der Waals surface area contributed by atoms with E-state index in [1.165, 1.54) is 0 Å². The van der Waals surface area contributed by atoms with Crippen LogP contribution in [-0.4, -0.2) is 22.6 Å². The maximum Gasteiger partial charge on any atom is 0.251 e. The Balaban J connectivity index is 0.00000200. The van der Waals surface area contributed by atoms with Gasteiger partial charge in [0.05, 0.1) is 0 Å². The van der Waals surface area contributed by atoms with E-state index in [9.17, 15) is 4.79 Å². The van der Waals surface area contributed by atoms with Crippen LogP contribution in [0, 0.1) is 13.8 Å². The number of nitrogen functional groups attached to an aromatic ring is 1. The Bertz CT molecular complexity index is 598. The molecule has 0 aliphatic rings. The minimum absolute atomic E-state index is 0. The normalized spacial score (nSPS) is 9.90. The number of anilines is 1. The zero-order valence-electron chi connectivity index (χ0n) is 11.3. The molecule has 0 saturated heterocycles. The molecule has 3 N–H and O–H groups in total. The van der Waals surface area contributed by atoms with Crippen molar-refractivity contribution in [2.24, 2.45) is 0 Å². The van der Waals surface area contributed by atoms with Crippen LogP contribution in [0.2, 0.25) is 0 Å². The summed E-state index contributed by atoms with van der Waals surface area (Å²) >= 11 is 0. The van der Waals surface area contributed by atoms with Crippen molar-refractivity contribution in [3.05, 3.63) is 41.0 Å². The zero-order valence-corrected chi connectivity index (χ0v) is 12.2.